The Labute approximate surface area is 98.6 Å². The second-order valence-electron chi connectivity index (χ2n) is 3.14. The Hall–Kier alpha value is -0.610. The van der Waals surface area contributed by atoms with E-state index in [0.717, 1.165) is 11.5 Å². The number of thioether (sulfide) groups is 1. The second-order valence-corrected chi connectivity index (χ2v) is 4.80. The molecule has 1 atom stereocenters. The summed E-state index contributed by atoms with van der Waals surface area (Å²) in [5, 5.41) is 3.00. The molecule has 1 unspecified atom stereocenters. The number of hydrogen-bond acceptors (Lipinski definition) is 3. The zero-order valence-electron chi connectivity index (χ0n) is 8.75. The minimum atomic E-state index is -0.182. The molecule has 0 radical (unpaired) electrons. The molecular formula is C10H14ClNO2S. The van der Waals surface area contributed by atoms with Crippen LogP contribution in [0.1, 0.15) is 24.2 Å². The molecule has 0 fully saturated rings. The Balaban J connectivity index is 2.46. The third-order valence-corrected chi connectivity index (χ3v) is 3.25. The van der Waals surface area contributed by atoms with Crippen LogP contribution >= 0.6 is 23.4 Å². The maximum absolute atomic E-state index is 11.6. The van der Waals surface area contributed by atoms with Crippen molar-refractivity contribution >= 4 is 29.3 Å². The molecule has 1 N–H and O–H groups in total. The van der Waals surface area contributed by atoms with Gasteiger partial charge < -0.3 is 9.73 Å². The third-order valence-electron chi connectivity index (χ3n) is 1.81. The molecule has 0 spiro atoms. The maximum Gasteiger partial charge on any atom is 0.256 e. The van der Waals surface area contributed by atoms with Gasteiger partial charge in [0.1, 0.15) is 0 Å². The first-order valence-electron chi connectivity index (χ1n) is 4.76. The van der Waals surface area contributed by atoms with E-state index in [1.54, 1.807) is 17.8 Å². The van der Waals surface area contributed by atoms with Crippen molar-refractivity contribution < 1.29 is 9.21 Å². The summed E-state index contributed by atoms with van der Waals surface area (Å²) < 4.78 is 4.85. The van der Waals surface area contributed by atoms with Gasteiger partial charge in [0.05, 0.1) is 11.8 Å². The lowest BCUT2D eigenvalue weighted by atomic mass is 10.3. The minimum absolute atomic E-state index is 0.133. The van der Waals surface area contributed by atoms with E-state index in [0.29, 0.717) is 5.56 Å². The van der Waals surface area contributed by atoms with E-state index in [4.69, 9.17) is 16.0 Å². The highest BCUT2D eigenvalue weighted by molar-refractivity contribution is 7.99. The lowest BCUT2D eigenvalue weighted by Crippen LogP contribution is -2.34. The van der Waals surface area contributed by atoms with Crippen LogP contribution in [-0.2, 0) is 0 Å². The highest BCUT2D eigenvalue weighted by Gasteiger charge is 2.14. The Morgan fingerprint density at radius 2 is 2.47 bits per heavy atom. The number of hydrogen-bond donors (Lipinski definition) is 1. The zero-order chi connectivity index (χ0) is 11.3. The maximum atomic E-state index is 11.6. The van der Waals surface area contributed by atoms with E-state index in [2.05, 4.69) is 12.2 Å². The van der Waals surface area contributed by atoms with Gasteiger partial charge in [-0.3, -0.25) is 4.79 Å². The molecule has 0 aromatic carbocycles. The van der Waals surface area contributed by atoms with Gasteiger partial charge in [-0.05, 0) is 30.3 Å². The average molecular weight is 248 g/mol. The molecule has 1 aromatic rings. The van der Waals surface area contributed by atoms with Gasteiger partial charge in [0.15, 0.2) is 0 Å². The molecule has 84 valence electrons. The minimum Gasteiger partial charge on any atom is -0.452 e. The molecule has 15 heavy (non-hydrogen) atoms. The lowest BCUT2D eigenvalue weighted by molar-refractivity contribution is 0.0943. The molecule has 0 saturated carbocycles. The van der Waals surface area contributed by atoms with E-state index in [1.165, 1.54) is 6.26 Å². The van der Waals surface area contributed by atoms with Crippen molar-refractivity contribution in [3.63, 3.8) is 0 Å². The second kappa shape index (κ2) is 6.08. The summed E-state index contributed by atoms with van der Waals surface area (Å²) in [5.41, 5.74) is 0.394. The summed E-state index contributed by atoms with van der Waals surface area (Å²) in [5.74, 6) is 1.77. The largest absolute Gasteiger partial charge is 0.452 e. The molecule has 1 amide bonds. The van der Waals surface area contributed by atoms with Gasteiger partial charge in [-0.15, -0.1) is 0 Å². The quantitative estimate of drug-likeness (QED) is 0.870. The van der Waals surface area contributed by atoms with Crippen LogP contribution < -0.4 is 5.32 Å². The van der Waals surface area contributed by atoms with Crippen molar-refractivity contribution in [3.8, 4) is 0 Å². The van der Waals surface area contributed by atoms with E-state index in [9.17, 15) is 4.79 Å². The van der Waals surface area contributed by atoms with Crippen molar-refractivity contribution in [2.45, 2.75) is 19.9 Å². The van der Waals surface area contributed by atoms with Crippen LogP contribution in [0.15, 0.2) is 16.7 Å². The van der Waals surface area contributed by atoms with E-state index >= 15 is 0 Å². The predicted molar refractivity (Wildman–Crippen MR) is 63.6 cm³/mol. The normalized spacial score (nSPS) is 12.5. The number of carbonyl (C=O) groups excluding carboxylic acids is 1. The number of furan rings is 1. The Morgan fingerprint density at radius 3 is 3.00 bits per heavy atom. The Kier molecular flexibility index (Phi) is 5.05. The first-order chi connectivity index (χ1) is 7.15. The van der Waals surface area contributed by atoms with E-state index in [-0.39, 0.29) is 17.2 Å². The fraction of sp³-hybridized carbons (Fsp3) is 0.500. The van der Waals surface area contributed by atoms with Gasteiger partial charge in [0.2, 0.25) is 5.22 Å². The molecule has 0 bridgehead atoms. The van der Waals surface area contributed by atoms with Gasteiger partial charge in [-0.25, -0.2) is 0 Å². The van der Waals surface area contributed by atoms with Gasteiger partial charge in [-0.2, -0.15) is 11.8 Å². The molecule has 0 aliphatic carbocycles. The SMILES string of the molecule is CCSCC(C)NC(=O)c1ccoc1Cl. The van der Waals surface area contributed by atoms with E-state index < -0.39 is 0 Å². The summed E-state index contributed by atoms with van der Waals surface area (Å²) in [6.45, 7) is 4.06. The summed E-state index contributed by atoms with van der Waals surface area (Å²) in [6, 6.07) is 1.70. The summed E-state index contributed by atoms with van der Waals surface area (Å²) >= 11 is 7.48. The van der Waals surface area contributed by atoms with Crippen LogP contribution in [0.4, 0.5) is 0 Å². The van der Waals surface area contributed by atoms with Gasteiger partial charge in [0.25, 0.3) is 5.91 Å². The highest BCUT2D eigenvalue weighted by Crippen LogP contribution is 2.16. The van der Waals surface area contributed by atoms with Crippen molar-refractivity contribution in [2.75, 3.05) is 11.5 Å². The summed E-state index contributed by atoms with van der Waals surface area (Å²) in [6.07, 6.45) is 1.41. The number of halogens is 1. The lowest BCUT2D eigenvalue weighted by Gasteiger charge is -2.12. The topological polar surface area (TPSA) is 42.2 Å². The van der Waals surface area contributed by atoms with Crippen LogP contribution in [0, 0.1) is 0 Å². The van der Waals surface area contributed by atoms with Gasteiger partial charge in [0, 0.05) is 11.8 Å². The number of amides is 1. The van der Waals surface area contributed by atoms with Crippen LogP contribution in [-0.4, -0.2) is 23.5 Å². The van der Waals surface area contributed by atoms with Crippen LogP contribution in [0.5, 0.6) is 0 Å². The van der Waals surface area contributed by atoms with Gasteiger partial charge in [-0.1, -0.05) is 6.92 Å². The Morgan fingerprint density at radius 1 is 1.73 bits per heavy atom. The van der Waals surface area contributed by atoms with E-state index in [1.807, 2.05) is 6.92 Å². The molecule has 1 rings (SSSR count). The summed E-state index contributed by atoms with van der Waals surface area (Å²) in [7, 11) is 0. The molecule has 1 heterocycles. The number of rotatable bonds is 5. The van der Waals surface area contributed by atoms with Crippen LogP contribution in [0.3, 0.4) is 0 Å². The van der Waals surface area contributed by atoms with Crippen molar-refractivity contribution in [1.29, 1.82) is 0 Å². The van der Waals surface area contributed by atoms with Crippen LogP contribution in [0.25, 0.3) is 0 Å². The molecule has 0 aliphatic rings. The Bertz CT molecular complexity index is 327. The third kappa shape index (κ3) is 3.80. The monoisotopic (exact) mass is 247 g/mol. The van der Waals surface area contributed by atoms with Crippen molar-refractivity contribution in [1.82, 2.24) is 5.32 Å². The fourth-order valence-electron chi connectivity index (χ4n) is 1.09. The molecular weight excluding hydrogens is 234 g/mol. The predicted octanol–water partition coefficient (Wildman–Crippen LogP) is 2.80. The first kappa shape index (κ1) is 12.5. The molecule has 5 heteroatoms. The average Bonchev–Trinajstić information content (AvgIpc) is 2.61. The fourth-order valence-corrected chi connectivity index (χ4v) is 1.97. The van der Waals surface area contributed by atoms with Crippen molar-refractivity contribution in [3.05, 3.63) is 23.1 Å². The molecule has 3 nitrogen and oxygen atoms in total. The molecule has 0 aliphatic heterocycles. The van der Waals surface area contributed by atoms with Gasteiger partial charge >= 0.3 is 0 Å². The van der Waals surface area contributed by atoms with Crippen molar-refractivity contribution in [2.24, 2.45) is 0 Å². The molecule has 1 aromatic heterocycles. The first-order valence-corrected chi connectivity index (χ1v) is 6.30. The van der Waals surface area contributed by atoms with Crippen LogP contribution in [0.2, 0.25) is 5.22 Å². The molecule has 0 saturated heterocycles. The number of nitrogens with one attached hydrogen (secondary N) is 1. The summed E-state index contributed by atoms with van der Waals surface area (Å²) in [4.78, 5) is 11.6. The standard InChI is InChI=1S/C10H14ClNO2S/c1-3-15-6-7(2)12-10(13)8-4-5-14-9(8)11/h4-5,7H,3,6H2,1-2H3,(H,12,13). The number of carbonyl (C=O) groups is 1. The highest BCUT2D eigenvalue weighted by atomic mass is 35.5. The zero-order valence-corrected chi connectivity index (χ0v) is 10.3. The smallest absolute Gasteiger partial charge is 0.256 e.